The number of rotatable bonds is 5. The van der Waals surface area contributed by atoms with Gasteiger partial charge in [0.25, 0.3) is 5.91 Å². The maximum absolute atomic E-state index is 13.0. The Morgan fingerprint density at radius 2 is 1.97 bits per heavy atom. The number of nitrogens with one attached hydrogen (secondary N) is 3. The molecule has 0 aromatic carbocycles. The van der Waals surface area contributed by atoms with Crippen LogP contribution in [0.25, 0.3) is 5.65 Å². The van der Waals surface area contributed by atoms with Gasteiger partial charge in [0, 0.05) is 24.0 Å². The fourth-order valence-corrected chi connectivity index (χ4v) is 3.90. The highest BCUT2D eigenvalue weighted by molar-refractivity contribution is 5.95. The lowest BCUT2D eigenvalue weighted by molar-refractivity contribution is -0.140. The molecule has 0 radical (unpaired) electrons. The molecule has 30 heavy (non-hydrogen) atoms. The quantitative estimate of drug-likeness (QED) is 0.586. The van der Waals surface area contributed by atoms with Crippen LogP contribution in [0, 0.1) is 0 Å². The highest BCUT2D eigenvalue weighted by Gasteiger charge is 2.34. The van der Waals surface area contributed by atoms with Crippen LogP contribution in [-0.4, -0.2) is 37.6 Å². The molecule has 3 heterocycles. The van der Waals surface area contributed by atoms with Crippen molar-refractivity contribution in [3.63, 3.8) is 0 Å². The van der Waals surface area contributed by atoms with Crippen molar-refractivity contribution in [2.45, 2.75) is 57.3 Å². The van der Waals surface area contributed by atoms with E-state index in [9.17, 15) is 18.0 Å². The molecule has 1 amide bonds. The van der Waals surface area contributed by atoms with Crippen LogP contribution in [0.4, 0.5) is 19.0 Å². The molecule has 1 fully saturated rings. The second kappa shape index (κ2) is 8.00. The third kappa shape index (κ3) is 4.12. The third-order valence-electron chi connectivity index (χ3n) is 5.51. The molecule has 7 nitrogen and oxygen atoms in total. The Morgan fingerprint density at radius 3 is 2.67 bits per heavy atom. The van der Waals surface area contributed by atoms with Crippen molar-refractivity contribution in [3.05, 3.63) is 47.5 Å². The lowest BCUT2D eigenvalue weighted by Gasteiger charge is -2.30. The molecule has 3 aromatic heterocycles. The Labute approximate surface area is 171 Å². The number of H-pyrrole nitrogens is 1. The van der Waals surface area contributed by atoms with Gasteiger partial charge in [-0.05, 0) is 44.2 Å². The van der Waals surface area contributed by atoms with Gasteiger partial charge in [0.05, 0.1) is 11.8 Å². The average molecular weight is 420 g/mol. The maximum atomic E-state index is 13.0. The van der Waals surface area contributed by atoms with E-state index in [0.717, 1.165) is 37.6 Å². The Balaban J connectivity index is 1.37. The lowest BCUT2D eigenvalue weighted by Crippen LogP contribution is -2.40. The predicted molar refractivity (Wildman–Crippen MR) is 105 cm³/mol. The fraction of sp³-hybridized carbons (Fsp3) is 0.450. The molecule has 0 bridgehead atoms. The van der Waals surface area contributed by atoms with Crippen LogP contribution in [0.5, 0.6) is 0 Å². The van der Waals surface area contributed by atoms with Crippen molar-refractivity contribution >= 4 is 17.4 Å². The minimum Gasteiger partial charge on any atom is -0.368 e. The first kappa shape index (κ1) is 20.2. The molecule has 0 spiro atoms. The second-order valence-corrected chi connectivity index (χ2v) is 7.55. The standard InChI is InChI=1S/C20H23F3N6O/c1-2-15-14(10-24-28-15)19(30)26-13-8-6-12(7-9-13)25-17-4-3-5-18-27-16(11-29(17)18)20(21,22)23/h3-5,10-13,25H,2,6-9H2,1H3,(H,24,28)(H,26,30)/t12-,13+. The zero-order valence-corrected chi connectivity index (χ0v) is 16.5. The second-order valence-electron chi connectivity index (χ2n) is 7.55. The van der Waals surface area contributed by atoms with E-state index < -0.39 is 11.9 Å². The normalized spacial score (nSPS) is 19.7. The number of hydrogen-bond donors (Lipinski definition) is 3. The molecule has 160 valence electrons. The number of nitrogens with zero attached hydrogens (tertiary/aromatic N) is 3. The summed E-state index contributed by atoms with van der Waals surface area (Å²) in [6, 6.07) is 5.16. The minimum atomic E-state index is -4.48. The van der Waals surface area contributed by atoms with E-state index in [-0.39, 0.29) is 23.6 Å². The molecule has 3 N–H and O–H groups in total. The summed E-state index contributed by atoms with van der Waals surface area (Å²) in [5.41, 5.74) is 0.730. The smallest absolute Gasteiger partial charge is 0.368 e. The van der Waals surface area contributed by atoms with Crippen molar-refractivity contribution in [2.75, 3.05) is 5.32 Å². The number of imidazole rings is 1. The molecule has 4 rings (SSSR count). The van der Waals surface area contributed by atoms with E-state index in [2.05, 4.69) is 25.8 Å². The number of hydrogen-bond acceptors (Lipinski definition) is 4. The van der Waals surface area contributed by atoms with Crippen LogP contribution in [-0.2, 0) is 12.6 Å². The molecule has 10 heteroatoms. The van der Waals surface area contributed by atoms with Crippen LogP contribution in [0.15, 0.2) is 30.6 Å². The number of carbonyl (C=O) groups is 1. The lowest BCUT2D eigenvalue weighted by atomic mass is 9.91. The molecule has 1 aliphatic carbocycles. The van der Waals surface area contributed by atoms with Crippen LogP contribution in [0.1, 0.15) is 54.4 Å². The highest BCUT2D eigenvalue weighted by Crippen LogP contribution is 2.30. The molecular formula is C20H23F3N6O. The summed E-state index contributed by atoms with van der Waals surface area (Å²) in [5.74, 6) is 0.453. The summed E-state index contributed by atoms with van der Waals surface area (Å²) in [5, 5.41) is 13.2. The van der Waals surface area contributed by atoms with Gasteiger partial charge in [-0.25, -0.2) is 4.98 Å². The summed E-state index contributed by atoms with van der Waals surface area (Å²) in [6.07, 6.45) is 1.96. The van der Waals surface area contributed by atoms with Gasteiger partial charge < -0.3 is 10.6 Å². The van der Waals surface area contributed by atoms with E-state index in [0.29, 0.717) is 17.8 Å². The maximum Gasteiger partial charge on any atom is 0.434 e. The summed E-state index contributed by atoms with van der Waals surface area (Å²) in [6.45, 7) is 1.96. The van der Waals surface area contributed by atoms with Crippen LogP contribution in [0.3, 0.4) is 0 Å². The number of anilines is 1. The van der Waals surface area contributed by atoms with Crippen molar-refractivity contribution < 1.29 is 18.0 Å². The van der Waals surface area contributed by atoms with E-state index in [1.165, 1.54) is 4.40 Å². The number of alkyl halides is 3. The molecule has 0 atom stereocenters. The molecule has 1 aliphatic rings. The number of fused-ring (bicyclic) bond motifs is 1. The summed E-state index contributed by atoms with van der Waals surface area (Å²) >= 11 is 0. The number of amides is 1. The van der Waals surface area contributed by atoms with Crippen LogP contribution in [0.2, 0.25) is 0 Å². The van der Waals surface area contributed by atoms with E-state index in [1.807, 2.05) is 6.92 Å². The number of aryl methyl sites for hydroxylation is 1. The molecule has 3 aromatic rings. The van der Waals surface area contributed by atoms with Gasteiger partial charge in [0.2, 0.25) is 0 Å². The van der Waals surface area contributed by atoms with Crippen molar-refractivity contribution in [3.8, 4) is 0 Å². The largest absolute Gasteiger partial charge is 0.434 e. The molecule has 1 saturated carbocycles. The van der Waals surface area contributed by atoms with Crippen molar-refractivity contribution in [1.29, 1.82) is 0 Å². The van der Waals surface area contributed by atoms with Gasteiger partial charge in [-0.3, -0.25) is 14.3 Å². The van der Waals surface area contributed by atoms with Crippen LogP contribution < -0.4 is 10.6 Å². The highest BCUT2D eigenvalue weighted by atomic mass is 19.4. The topological polar surface area (TPSA) is 87.1 Å². The molecule has 0 saturated heterocycles. The number of halogens is 3. The number of pyridine rings is 1. The summed E-state index contributed by atoms with van der Waals surface area (Å²) in [7, 11) is 0. The Bertz CT molecular complexity index is 1030. The first-order chi connectivity index (χ1) is 14.3. The Morgan fingerprint density at radius 1 is 1.23 bits per heavy atom. The summed E-state index contributed by atoms with van der Waals surface area (Å²) < 4.78 is 40.4. The summed E-state index contributed by atoms with van der Waals surface area (Å²) in [4.78, 5) is 16.1. The van der Waals surface area contributed by atoms with Crippen LogP contribution >= 0.6 is 0 Å². The first-order valence-electron chi connectivity index (χ1n) is 10.00. The Kier molecular flexibility index (Phi) is 5.40. The van der Waals surface area contributed by atoms with Gasteiger partial charge in [0.15, 0.2) is 5.69 Å². The van der Waals surface area contributed by atoms with Gasteiger partial charge in [0.1, 0.15) is 11.5 Å². The van der Waals surface area contributed by atoms with E-state index in [1.54, 1.807) is 24.4 Å². The SMILES string of the molecule is CCc1[nH]ncc1C(=O)N[C@H]1CC[C@@H](Nc2cccc3nc(C(F)(F)F)cn23)CC1. The minimum absolute atomic E-state index is 0.0658. The van der Waals surface area contributed by atoms with Gasteiger partial charge in [-0.1, -0.05) is 13.0 Å². The van der Waals surface area contributed by atoms with E-state index in [4.69, 9.17) is 0 Å². The monoisotopic (exact) mass is 420 g/mol. The number of aromatic nitrogens is 4. The zero-order valence-electron chi connectivity index (χ0n) is 16.5. The first-order valence-corrected chi connectivity index (χ1v) is 10.00. The van der Waals surface area contributed by atoms with Gasteiger partial charge >= 0.3 is 6.18 Å². The van der Waals surface area contributed by atoms with Crippen molar-refractivity contribution in [2.24, 2.45) is 0 Å². The predicted octanol–water partition coefficient (Wildman–Crippen LogP) is 3.79. The van der Waals surface area contributed by atoms with Gasteiger partial charge in [-0.15, -0.1) is 0 Å². The number of carbonyl (C=O) groups excluding carboxylic acids is 1. The fourth-order valence-electron chi connectivity index (χ4n) is 3.90. The molecular weight excluding hydrogens is 397 g/mol. The average Bonchev–Trinajstić information content (AvgIpc) is 3.36. The molecule has 0 unspecified atom stereocenters. The van der Waals surface area contributed by atoms with Crippen molar-refractivity contribution in [1.82, 2.24) is 24.9 Å². The zero-order chi connectivity index (χ0) is 21.3. The Hall–Kier alpha value is -3.04. The third-order valence-corrected chi connectivity index (χ3v) is 5.51. The molecule has 0 aliphatic heterocycles. The van der Waals surface area contributed by atoms with Gasteiger partial charge in [-0.2, -0.15) is 18.3 Å². The van der Waals surface area contributed by atoms with E-state index >= 15 is 0 Å². The number of aromatic amines is 1.